The van der Waals surface area contributed by atoms with Crippen LogP contribution in [0.2, 0.25) is 5.02 Å². The van der Waals surface area contributed by atoms with Crippen molar-refractivity contribution >= 4 is 28.1 Å². The molecule has 0 amide bonds. The first-order chi connectivity index (χ1) is 14.0. The summed E-state index contributed by atoms with van der Waals surface area (Å²) >= 11 is 5.98. The highest BCUT2D eigenvalue weighted by molar-refractivity contribution is 6.32. The molecule has 0 saturated carbocycles. The summed E-state index contributed by atoms with van der Waals surface area (Å²) in [5.41, 5.74) is -3.22. The Morgan fingerprint density at radius 3 is 2.63 bits per heavy atom. The molecule has 2 aromatic carbocycles. The lowest BCUT2D eigenvalue weighted by Gasteiger charge is -2.45. The number of benzene rings is 2. The highest BCUT2D eigenvalue weighted by Crippen LogP contribution is 2.55. The van der Waals surface area contributed by atoms with Crippen LogP contribution in [-0.4, -0.2) is 22.0 Å². The standard InChI is InChI=1S/C21H17ClF3NO4/c1-10-9-20(29,21(23,24)25)18(13-5-6-14(22)17(27)16(10)13)26-15-4-2-3-12-11(15)7-8-30-19(12)28/h2-8,10,18,26-27,29H,9H2,1H3/t10-,18-,20-/m1/s1. The molecule has 1 aliphatic carbocycles. The largest absolute Gasteiger partial charge is 0.506 e. The summed E-state index contributed by atoms with van der Waals surface area (Å²) in [7, 11) is 0. The lowest BCUT2D eigenvalue weighted by atomic mass is 9.70. The van der Waals surface area contributed by atoms with Gasteiger partial charge in [-0.3, -0.25) is 0 Å². The fourth-order valence-corrected chi connectivity index (χ4v) is 4.38. The van der Waals surface area contributed by atoms with E-state index < -0.39 is 35.8 Å². The minimum Gasteiger partial charge on any atom is -0.506 e. The van der Waals surface area contributed by atoms with Gasteiger partial charge in [-0.2, -0.15) is 13.2 Å². The van der Waals surface area contributed by atoms with E-state index in [1.807, 2.05) is 0 Å². The molecule has 0 aliphatic heterocycles. The summed E-state index contributed by atoms with van der Waals surface area (Å²) in [6, 6.07) is 6.95. The van der Waals surface area contributed by atoms with Crippen LogP contribution in [0.4, 0.5) is 18.9 Å². The normalized spacial score (nSPS) is 23.9. The first-order valence-electron chi connectivity index (χ1n) is 9.12. The number of anilines is 1. The Labute approximate surface area is 173 Å². The predicted molar refractivity (Wildman–Crippen MR) is 106 cm³/mol. The molecular weight excluding hydrogens is 423 g/mol. The Morgan fingerprint density at radius 1 is 1.20 bits per heavy atom. The molecule has 0 fully saturated rings. The van der Waals surface area contributed by atoms with Crippen LogP contribution < -0.4 is 10.9 Å². The highest BCUT2D eigenvalue weighted by Gasteiger charge is 2.62. The van der Waals surface area contributed by atoms with Gasteiger partial charge in [0, 0.05) is 16.6 Å². The number of aliphatic hydroxyl groups is 1. The van der Waals surface area contributed by atoms with Crippen molar-refractivity contribution in [3.8, 4) is 5.75 Å². The Bertz CT molecular complexity index is 1190. The fourth-order valence-electron chi connectivity index (χ4n) is 4.22. The summed E-state index contributed by atoms with van der Waals surface area (Å²) in [6.45, 7) is 1.49. The summed E-state index contributed by atoms with van der Waals surface area (Å²) in [4.78, 5) is 12.0. The summed E-state index contributed by atoms with van der Waals surface area (Å²) in [6.07, 6.45) is -4.49. The van der Waals surface area contributed by atoms with Gasteiger partial charge < -0.3 is 19.9 Å². The molecule has 0 bridgehead atoms. The molecule has 30 heavy (non-hydrogen) atoms. The van der Waals surface area contributed by atoms with Crippen molar-refractivity contribution in [3.63, 3.8) is 0 Å². The van der Waals surface area contributed by atoms with Gasteiger partial charge in [0.25, 0.3) is 0 Å². The number of phenolic OH excluding ortho intramolecular Hbond substituents is 1. The van der Waals surface area contributed by atoms with Crippen molar-refractivity contribution in [1.29, 1.82) is 0 Å². The van der Waals surface area contributed by atoms with Crippen LogP contribution in [0.1, 0.15) is 36.4 Å². The highest BCUT2D eigenvalue weighted by atomic mass is 35.5. The van der Waals surface area contributed by atoms with E-state index in [9.17, 15) is 28.2 Å². The maximum atomic E-state index is 14.1. The number of fused-ring (bicyclic) bond motifs is 2. The lowest BCUT2D eigenvalue weighted by molar-refractivity contribution is -0.272. The van der Waals surface area contributed by atoms with Crippen molar-refractivity contribution < 1.29 is 27.8 Å². The second-order valence-corrected chi connectivity index (χ2v) is 7.89. The molecule has 158 valence electrons. The number of halogens is 4. The van der Waals surface area contributed by atoms with Gasteiger partial charge in [0.05, 0.1) is 22.7 Å². The zero-order valence-corrected chi connectivity index (χ0v) is 16.4. The molecule has 0 saturated heterocycles. The summed E-state index contributed by atoms with van der Waals surface area (Å²) < 4.78 is 47.0. The molecule has 0 radical (unpaired) electrons. The van der Waals surface area contributed by atoms with Crippen LogP contribution in [0.5, 0.6) is 5.75 Å². The van der Waals surface area contributed by atoms with Gasteiger partial charge in [-0.15, -0.1) is 0 Å². The van der Waals surface area contributed by atoms with E-state index in [-0.39, 0.29) is 33.0 Å². The molecule has 0 unspecified atom stereocenters. The zero-order chi connectivity index (χ0) is 21.8. The number of hydrogen-bond donors (Lipinski definition) is 3. The van der Waals surface area contributed by atoms with Crippen LogP contribution in [0, 0.1) is 0 Å². The minimum absolute atomic E-state index is 0.0135. The molecular formula is C21H17ClF3NO4. The quantitative estimate of drug-likeness (QED) is 0.517. The van der Waals surface area contributed by atoms with E-state index in [2.05, 4.69) is 5.32 Å². The smallest absolute Gasteiger partial charge is 0.419 e. The fraction of sp³-hybridized carbons (Fsp3) is 0.286. The van der Waals surface area contributed by atoms with Crippen molar-refractivity contribution in [2.45, 2.75) is 37.1 Å². The van der Waals surface area contributed by atoms with E-state index in [1.54, 1.807) is 0 Å². The maximum Gasteiger partial charge on any atom is 0.419 e. The van der Waals surface area contributed by atoms with Crippen LogP contribution in [0.3, 0.4) is 0 Å². The molecule has 0 spiro atoms. The molecule has 4 rings (SSSR count). The van der Waals surface area contributed by atoms with Crippen molar-refractivity contribution in [3.05, 3.63) is 69.2 Å². The van der Waals surface area contributed by atoms with Crippen molar-refractivity contribution in [2.75, 3.05) is 5.32 Å². The number of alkyl halides is 3. The van der Waals surface area contributed by atoms with Crippen LogP contribution in [-0.2, 0) is 0 Å². The van der Waals surface area contributed by atoms with Crippen molar-refractivity contribution in [1.82, 2.24) is 0 Å². The monoisotopic (exact) mass is 439 g/mol. The van der Waals surface area contributed by atoms with Gasteiger partial charge in [0.1, 0.15) is 5.75 Å². The molecule has 5 nitrogen and oxygen atoms in total. The Kier molecular flexibility index (Phi) is 4.74. The van der Waals surface area contributed by atoms with E-state index in [4.69, 9.17) is 16.0 Å². The lowest BCUT2D eigenvalue weighted by Crippen LogP contribution is -2.55. The zero-order valence-electron chi connectivity index (χ0n) is 15.6. The van der Waals surface area contributed by atoms with E-state index in [1.165, 1.54) is 43.3 Å². The predicted octanol–water partition coefficient (Wildman–Crippen LogP) is 5.11. The van der Waals surface area contributed by atoms with Gasteiger partial charge >= 0.3 is 11.8 Å². The third kappa shape index (κ3) is 3.02. The number of nitrogens with one attached hydrogen (secondary N) is 1. The average molecular weight is 440 g/mol. The van der Waals surface area contributed by atoms with Crippen LogP contribution in [0.25, 0.3) is 10.8 Å². The first-order valence-corrected chi connectivity index (χ1v) is 9.50. The third-order valence-electron chi connectivity index (χ3n) is 5.63. The molecule has 3 N–H and O–H groups in total. The number of rotatable bonds is 2. The Morgan fingerprint density at radius 2 is 1.93 bits per heavy atom. The van der Waals surface area contributed by atoms with Gasteiger partial charge in [0.15, 0.2) is 5.60 Å². The van der Waals surface area contributed by atoms with Crippen molar-refractivity contribution in [2.24, 2.45) is 0 Å². The second kappa shape index (κ2) is 6.92. The van der Waals surface area contributed by atoms with E-state index in [0.29, 0.717) is 5.39 Å². The Balaban J connectivity index is 1.94. The van der Waals surface area contributed by atoms with E-state index >= 15 is 0 Å². The van der Waals surface area contributed by atoms with Gasteiger partial charge in [-0.25, -0.2) is 4.79 Å². The van der Waals surface area contributed by atoms with E-state index in [0.717, 1.165) is 6.26 Å². The minimum atomic E-state index is -4.96. The number of hydrogen-bond acceptors (Lipinski definition) is 5. The Hall–Kier alpha value is -2.71. The van der Waals surface area contributed by atoms with Gasteiger partial charge in [-0.1, -0.05) is 30.7 Å². The summed E-state index contributed by atoms with van der Waals surface area (Å²) in [5.74, 6) is -1.11. The van der Waals surface area contributed by atoms with Gasteiger partial charge in [0.2, 0.25) is 0 Å². The molecule has 9 heteroatoms. The molecule has 3 aromatic rings. The van der Waals surface area contributed by atoms with Crippen LogP contribution >= 0.6 is 11.6 Å². The average Bonchev–Trinajstić information content (AvgIpc) is 2.67. The molecule has 1 aliphatic rings. The maximum absolute atomic E-state index is 14.1. The van der Waals surface area contributed by atoms with Crippen LogP contribution in [0.15, 0.2) is 51.9 Å². The molecule has 1 aromatic heterocycles. The summed E-state index contributed by atoms with van der Waals surface area (Å²) in [5, 5.41) is 24.6. The number of aromatic hydroxyl groups is 1. The first kappa shape index (κ1) is 20.6. The second-order valence-electron chi connectivity index (χ2n) is 7.48. The molecule has 3 atom stereocenters. The SMILES string of the molecule is C[C@@H]1C[C@](O)(C(F)(F)F)[C@H](Nc2cccc3c(=O)occc23)c2ccc(Cl)c(O)c21. The molecule has 1 heterocycles. The number of phenols is 1. The topological polar surface area (TPSA) is 82.7 Å². The van der Waals surface area contributed by atoms with Gasteiger partial charge in [-0.05, 0) is 42.2 Å². The third-order valence-corrected chi connectivity index (χ3v) is 5.93.